The average Bonchev–Trinajstić information content (AvgIpc) is 3.22. The molecule has 0 unspecified atom stereocenters. The largest absolute Gasteiger partial charge is 0.496 e. The predicted octanol–water partition coefficient (Wildman–Crippen LogP) is 8.45. The van der Waals surface area contributed by atoms with Crippen molar-refractivity contribution in [2.24, 2.45) is 10.8 Å². The van der Waals surface area contributed by atoms with Crippen molar-refractivity contribution in [3.63, 3.8) is 0 Å². The highest BCUT2D eigenvalue weighted by atomic mass is 19.4. The monoisotopic (exact) mass is 613 g/mol. The lowest BCUT2D eigenvalue weighted by atomic mass is 9.65. The van der Waals surface area contributed by atoms with Gasteiger partial charge in [-0.1, -0.05) is 38.0 Å². The van der Waals surface area contributed by atoms with Gasteiger partial charge in [-0.05, 0) is 104 Å². The maximum absolute atomic E-state index is 13.6. The first kappa shape index (κ1) is 31.9. The molecule has 2 aromatic carbocycles. The zero-order valence-electron chi connectivity index (χ0n) is 26.4. The summed E-state index contributed by atoms with van der Waals surface area (Å²) in [5.74, 6) is 0.545. The van der Waals surface area contributed by atoms with E-state index < -0.39 is 35.4 Å². The van der Waals surface area contributed by atoms with Crippen molar-refractivity contribution < 1.29 is 37.0 Å². The van der Waals surface area contributed by atoms with E-state index in [1.165, 1.54) is 7.11 Å². The minimum Gasteiger partial charge on any atom is -0.496 e. The van der Waals surface area contributed by atoms with Gasteiger partial charge in [-0.15, -0.1) is 0 Å². The Bertz CT molecular complexity index is 1470. The van der Waals surface area contributed by atoms with Crippen LogP contribution < -0.4 is 4.74 Å². The lowest BCUT2D eigenvalue weighted by molar-refractivity contribution is -0.158. The van der Waals surface area contributed by atoms with E-state index in [9.17, 15) is 22.8 Å². The molecule has 0 bridgehead atoms. The van der Waals surface area contributed by atoms with Gasteiger partial charge in [-0.25, -0.2) is 4.79 Å². The minimum atomic E-state index is -4.50. The molecule has 238 valence electrons. The maximum Gasteiger partial charge on any atom is 0.416 e. The molecule has 2 aromatic rings. The van der Waals surface area contributed by atoms with Crippen molar-refractivity contribution in [1.82, 2.24) is 4.90 Å². The highest BCUT2D eigenvalue weighted by molar-refractivity contribution is 5.79. The molecule has 1 aliphatic heterocycles. The SMILES string of the molecule is COC(=O)C1(Cc2ccc(OC)c(C3=C(CN4C(=O)O[C@H](c5cc(C)cc(C(F)(F)F)c5)[C@@H]4C)CC(C)(C)CC3)c2)CCC1. The molecule has 2 atom stereocenters. The number of halogens is 3. The van der Waals surface area contributed by atoms with E-state index in [-0.39, 0.29) is 11.4 Å². The van der Waals surface area contributed by atoms with Crippen LogP contribution in [0.4, 0.5) is 18.0 Å². The van der Waals surface area contributed by atoms with Crippen molar-refractivity contribution in [2.45, 2.75) is 91.0 Å². The van der Waals surface area contributed by atoms with Gasteiger partial charge < -0.3 is 14.2 Å². The van der Waals surface area contributed by atoms with E-state index in [4.69, 9.17) is 14.2 Å². The number of allylic oxidation sites excluding steroid dienone is 1. The molecule has 5 rings (SSSR count). The quantitative estimate of drug-likeness (QED) is 0.280. The third-order valence-electron chi connectivity index (χ3n) is 9.74. The number of methoxy groups -OCH3 is 2. The number of alkyl halides is 3. The number of aryl methyl sites for hydroxylation is 1. The van der Waals surface area contributed by atoms with Crippen LogP contribution in [0.5, 0.6) is 5.75 Å². The lowest BCUT2D eigenvalue weighted by Gasteiger charge is -2.39. The number of benzene rings is 2. The Balaban J connectivity index is 1.49. The molecule has 0 N–H and O–H groups in total. The van der Waals surface area contributed by atoms with Crippen LogP contribution in [-0.4, -0.2) is 43.8 Å². The Labute approximate surface area is 257 Å². The second-order valence-electron chi connectivity index (χ2n) is 13.6. The summed E-state index contributed by atoms with van der Waals surface area (Å²) < 4.78 is 57.4. The first-order chi connectivity index (χ1) is 20.7. The molecule has 2 fully saturated rings. The fourth-order valence-corrected chi connectivity index (χ4v) is 7.16. The van der Waals surface area contributed by atoms with Crippen LogP contribution in [0.1, 0.15) is 93.2 Å². The summed E-state index contributed by atoms with van der Waals surface area (Å²) in [5.41, 5.74) is 3.68. The molecule has 0 radical (unpaired) electrons. The molecular formula is C35H42F3NO5. The topological polar surface area (TPSA) is 65.1 Å². The van der Waals surface area contributed by atoms with E-state index in [2.05, 4.69) is 19.9 Å². The molecule has 3 aliphatic rings. The molecule has 1 heterocycles. The molecule has 0 aromatic heterocycles. The number of esters is 1. The predicted molar refractivity (Wildman–Crippen MR) is 161 cm³/mol. The van der Waals surface area contributed by atoms with Crippen molar-refractivity contribution >= 4 is 17.6 Å². The number of rotatable bonds is 8. The van der Waals surface area contributed by atoms with Crippen molar-refractivity contribution in [3.05, 3.63) is 69.8 Å². The molecule has 2 aliphatic carbocycles. The van der Waals surface area contributed by atoms with Crippen molar-refractivity contribution in [3.8, 4) is 5.75 Å². The summed E-state index contributed by atoms with van der Waals surface area (Å²) in [5, 5.41) is 0. The van der Waals surface area contributed by atoms with Gasteiger partial charge in [0, 0.05) is 12.1 Å². The van der Waals surface area contributed by atoms with E-state index >= 15 is 0 Å². The van der Waals surface area contributed by atoms with E-state index in [0.29, 0.717) is 24.1 Å². The summed E-state index contributed by atoms with van der Waals surface area (Å²) in [6.45, 7) is 8.14. The summed E-state index contributed by atoms with van der Waals surface area (Å²) in [6, 6.07) is 9.41. The Hall–Kier alpha value is -3.49. The third-order valence-corrected chi connectivity index (χ3v) is 9.74. The van der Waals surface area contributed by atoms with Gasteiger partial charge in [0.1, 0.15) is 11.9 Å². The van der Waals surface area contributed by atoms with E-state index in [1.54, 1.807) is 25.0 Å². The van der Waals surface area contributed by atoms with Crippen LogP contribution in [0.2, 0.25) is 0 Å². The normalized spacial score (nSPS) is 22.8. The minimum absolute atomic E-state index is 0.00499. The highest BCUT2D eigenvalue weighted by Gasteiger charge is 2.46. The van der Waals surface area contributed by atoms with Crippen LogP contribution in [0.15, 0.2) is 42.0 Å². The Morgan fingerprint density at radius 3 is 2.43 bits per heavy atom. The van der Waals surface area contributed by atoms with Crippen LogP contribution >= 0.6 is 0 Å². The molecule has 1 amide bonds. The van der Waals surface area contributed by atoms with Crippen LogP contribution in [-0.2, 0) is 26.9 Å². The summed E-state index contributed by atoms with van der Waals surface area (Å²) in [6.07, 6.45) is -0.234. The molecular weight excluding hydrogens is 571 g/mol. The number of hydrogen-bond donors (Lipinski definition) is 0. The smallest absolute Gasteiger partial charge is 0.416 e. The summed E-state index contributed by atoms with van der Waals surface area (Å²) in [7, 11) is 3.07. The van der Waals surface area contributed by atoms with Gasteiger partial charge in [-0.2, -0.15) is 13.2 Å². The molecule has 0 spiro atoms. The standard InChI is InChI=1S/C35H42F3NO5/c1-21-14-24(17-26(15-21)35(36,37)38)30-22(2)39(32(41)44-30)20-25-19-33(3,4)13-10-27(25)28-16-23(8-9-29(28)42-5)18-34(11-7-12-34)31(40)43-6/h8-9,14-17,22,30H,7,10-13,18-20H2,1-6H3/t22-,30-/m0/s1. The molecule has 1 saturated heterocycles. The molecule has 44 heavy (non-hydrogen) atoms. The first-order valence-electron chi connectivity index (χ1n) is 15.3. The fraction of sp³-hybridized carbons (Fsp3) is 0.543. The maximum atomic E-state index is 13.6. The number of cyclic esters (lactones) is 1. The Morgan fingerprint density at radius 2 is 1.82 bits per heavy atom. The fourth-order valence-electron chi connectivity index (χ4n) is 7.16. The zero-order chi connectivity index (χ0) is 32.0. The molecule has 9 heteroatoms. The molecule has 1 saturated carbocycles. The van der Waals surface area contributed by atoms with Gasteiger partial charge in [0.25, 0.3) is 0 Å². The van der Waals surface area contributed by atoms with Gasteiger partial charge in [0.05, 0.1) is 31.2 Å². The highest BCUT2D eigenvalue weighted by Crippen LogP contribution is 2.48. The van der Waals surface area contributed by atoms with Crippen molar-refractivity contribution in [1.29, 1.82) is 0 Å². The lowest BCUT2D eigenvalue weighted by Crippen LogP contribution is -2.40. The second-order valence-corrected chi connectivity index (χ2v) is 13.6. The number of ether oxygens (including phenoxy) is 3. The number of nitrogens with zero attached hydrogens (tertiary/aromatic N) is 1. The molecule has 6 nitrogen and oxygen atoms in total. The number of carbonyl (C=O) groups is 2. The first-order valence-corrected chi connectivity index (χ1v) is 15.3. The van der Waals surface area contributed by atoms with Crippen LogP contribution in [0.25, 0.3) is 5.57 Å². The number of carbonyl (C=O) groups excluding carboxylic acids is 2. The van der Waals surface area contributed by atoms with Gasteiger partial charge >= 0.3 is 18.2 Å². The third kappa shape index (κ3) is 6.20. The van der Waals surface area contributed by atoms with E-state index in [1.807, 2.05) is 19.1 Å². The van der Waals surface area contributed by atoms with Crippen LogP contribution in [0, 0.1) is 17.8 Å². The van der Waals surface area contributed by atoms with Crippen LogP contribution in [0.3, 0.4) is 0 Å². The van der Waals surface area contributed by atoms with Gasteiger partial charge in [0.2, 0.25) is 0 Å². The van der Waals surface area contributed by atoms with Gasteiger partial charge in [-0.3, -0.25) is 9.69 Å². The second kappa shape index (κ2) is 11.8. The zero-order valence-corrected chi connectivity index (χ0v) is 26.4. The Kier molecular flexibility index (Phi) is 8.55. The summed E-state index contributed by atoms with van der Waals surface area (Å²) >= 11 is 0. The average molecular weight is 614 g/mol. The van der Waals surface area contributed by atoms with E-state index in [0.717, 1.165) is 78.7 Å². The number of hydrogen-bond acceptors (Lipinski definition) is 5. The summed E-state index contributed by atoms with van der Waals surface area (Å²) in [4.78, 5) is 27.6. The van der Waals surface area contributed by atoms with Gasteiger partial charge in [0.15, 0.2) is 0 Å². The number of amides is 1. The Morgan fingerprint density at radius 1 is 1.09 bits per heavy atom. The van der Waals surface area contributed by atoms with Crippen molar-refractivity contribution in [2.75, 3.05) is 20.8 Å².